The lowest BCUT2D eigenvalue weighted by molar-refractivity contribution is -0.137. The number of rotatable bonds is 7. The molecule has 0 aliphatic carbocycles. The largest absolute Gasteiger partial charge is 0.343 e. The number of hydrogen-bond donors (Lipinski definition) is 1. The van der Waals surface area contributed by atoms with Crippen molar-refractivity contribution in [1.29, 1.82) is 0 Å². The van der Waals surface area contributed by atoms with E-state index in [0.29, 0.717) is 19.4 Å². The molecule has 0 spiro atoms. The second kappa shape index (κ2) is 8.95. The standard InChI is InChI=1S/C15H29N3O2/c1-3-9-17(10-4-2)14(19)7-8-15(20)18-11-5-6-13(16)12-18/h13H,3-12,16H2,1-2H3. The van der Waals surface area contributed by atoms with Crippen molar-refractivity contribution in [3.05, 3.63) is 0 Å². The van der Waals surface area contributed by atoms with Crippen LogP contribution in [0.1, 0.15) is 52.4 Å². The number of piperidine rings is 1. The second-order valence-electron chi connectivity index (χ2n) is 5.62. The van der Waals surface area contributed by atoms with Crippen molar-refractivity contribution in [3.8, 4) is 0 Å². The van der Waals surface area contributed by atoms with Crippen LogP contribution in [0.5, 0.6) is 0 Å². The first kappa shape index (κ1) is 17.0. The van der Waals surface area contributed by atoms with Crippen molar-refractivity contribution < 1.29 is 9.59 Å². The lowest BCUT2D eigenvalue weighted by Gasteiger charge is -2.31. The van der Waals surface area contributed by atoms with E-state index in [9.17, 15) is 9.59 Å². The van der Waals surface area contributed by atoms with Gasteiger partial charge in [0.05, 0.1) is 0 Å². The van der Waals surface area contributed by atoms with E-state index in [1.807, 2.05) is 9.80 Å². The van der Waals surface area contributed by atoms with Gasteiger partial charge in [-0.15, -0.1) is 0 Å². The molecule has 0 aromatic rings. The van der Waals surface area contributed by atoms with Gasteiger partial charge in [-0.1, -0.05) is 13.8 Å². The normalized spacial score (nSPS) is 18.9. The van der Waals surface area contributed by atoms with Gasteiger partial charge < -0.3 is 15.5 Å². The highest BCUT2D eigenvalue weighted by atomic mass is 16.2. The molecule has 5 nitrogen and oxygen atoms in total. The molecule has 1 rings (SSSR count). The van der Waals surface area contributed by atoms with E-state index in [2.05, 4.69) is 13.8 Å². The van der Waals surface area contributed by atoms with Crippen LogP contribution < -0.4 is 5.73 Å². The van der Waals surface area contributed by atoms with Gasteiger partial charge in [-0.3, -0.25) is 9.59 Å². The predicted octanol–water partition coefficient (Wildman–Crippen LogP) is 1.36. The van der Waals surface area contributed by atoms with E-state index in [0.717, 1.165) is 45.3 Å². The van der Waals surface area contributed by atoms with E-state index in [-0.39, 0.29) is 17.9 Å². The van der Waals surface area contributed by atoms with E-state index in [1.54, 1.807) is 0 Å². The average molecular weight is 283 g/mol. The van der Waals surface area contributed by atoms with Crippen LogP contribution in [0, 0.1) is 0 Å². The third kappa shape index (κ3) is 5.49. The summed E-state index contributed by atoms with van der Waals surface area (Å²) in [4.78, 5) is 27.9. The highest BCUT2D eigenvalue weighted by Crippen LogP contribution is 2.11. The third-order valence-electron chi connectivity index (χ3n) is 3.70. The maximum atomic E-state index is 12.1. The zero-order valence-electron chi connectivity index (χ0n) is 12.9. The van der Waals surface area contributed by atoms with Crippen molar-refractivity contribution in [2.24, 2.45) is 5.73 Å². The Hall–Kier alpha value is -1.10. The van der Waals surface area contributed by atoms with Gasteiger partial charge in [0.1, 0.15) is 0 Å². The molecular formula is C15H29N3O2. The van der Waals surface area contributed by atoms with Crippen molar-refractivity contribution >= 4 is 11.8 Å². The van der Waals surface area contributed by atoms with Crippen LogP contribution in [-0.2, 0) is 9.59 Å². The lowest BCUT2D eigenvalue weighted by Crippen LogP contribution is -2.46. The maximum absolute atomic E-state index is 12.1. The Bertz CT molecular complexity index is 297. The Morgan fingerprint density at radius 2 is 1.85 bits per heavy atom. The minimum absolute atomic E-state index is 0.0708. The predicted molar refractivity (Wildman–Crippen MR) is 80.2 cm³/mol. The molecule has 0 aromatic carbocycles. The van der Waals surface area contributed by atoms with E-state index in [1.165, 1.54) is 0 Å². The highest BCUT2D eigenvalue weighted by molar-refractivity contribution is 5.83. The number of hydrogen-bond acceptors (Lipinski definition) is 3. The van der Waals surface area contributed by atoms with Crippen LogP contribution in [0.25, 0.3) is 0 Å². The molecule has 0 radical (unpaired) electrons. The summed E-state index contributed by atoms with van der Waals surface area (Å²) < 4.78 is 0. The Kier molecular flexibility index (Phi) is 7.59. The monoisotopic (exact) mass is 283 g/mol. The quantitative estimate of drug-likeness (QED) is 0.767. The van der Waals surface area contributed by atoms with Crippen molar-refractivity contribution in [3.63, 3.8) is 0 Å². The van der Waals surface area contributed by atoms with Crippen LogP contribution in [0.4, 0.5) is 0 Å². The third-order valence-corrected chi connectivity index (χ3v) is 3.70. The summed E-state index contributed by atoms with van der Waals surface area (Å²) in [5, 5.41) is 0. The molecule has 1 fully saturated rings. The van der Waals surface area contributed by atoms with Gasteiger partial charge >= 0.3 is 0 Å². The molecular weight excluding hydrogens is 254 g/mol. The maximum Gasteiger partial charge on any atom is 0.223 e. The molecule has 116 valence electrons. The molecule has 0 saturated carbocycles. The second-order valence-corrected chi connectivity index (χ2v) is 5.62. The summed E-state index contributed by atoms with van der Waals surface area (Å²) in [5.41, 5.74) is 5.88. The Morgan fingerprint density at radius 1 is 1.20 bits per heavy atom. The van der Waals surface area contributed by atoms with Gasteiger partial charge in [-0.25, -0.2) is 0 Å². The van der Waals surface area contributed by atoms with Crippen LogP contribution >= 0.6 is 0 Å². The van der Waals surface area contributed by atoms with E-state index < -0.39 is 0 Å². The number of carbonyl (C=O) groups is 2. The lowest BCUT2D eigenvalue weighted by atomic mass is 10.1. The first-order valence-corrected chi connectivity index (χ1v) is 7.89. The first-order valence-electron chi connectivity index (χ1n) is 7.89. The number of likely N-dealkylation sites (tertiary alicyclic amines) is 1. The summed E-state index contributed by atoms with van der Waals surface area (Å²) in [7, 11) is 0. The zero-order valence-corrected chi connectivity index (χ0v) is 12.9. The summed E-state index contributed by atoms with van der Waals surface area (Å²) in [6.45, 7) is 7.13. The molecule has 1 heterocycles. The number of amides is 2. The van der Waals surface area contributed by atoms with Gasteiger partial charge in [0, 0.05) is 45.1 Å². The fraction of sp³-hybridized carbons (Fsp3) is 0.867. The average Bonchev–Trinajstić information content (AvgIpc) is 2.44. The van der Waals surface area contributed by atoms with Crippen molar-refractivity contribution in [2.45, 2.75) is 58.4 Å². The summed E-state index contributed by atoms with van der Waals surface area (Å²) >= 11 is 0. The number of nitrogens with zero attached hydrogens (tertiary/aromatic N) is 2. The molecule has 20 heavy (non-hydrogen) atoms. The molecule has 1 unspecified atom stereocenters. The van der Waals surface area contributed by atoms with Gasteiger partial charge in [0.2, 0.25) is 11.8 Å². The van der Waals surface area contributed by atoms with Gasteiger partial charge in [-0.2, -0.15) is 0 Å². The SMILES string of the molecule is CCCN(CCC)C(=O)CCC(=O)N1CCCC(N)C1. The number of carbonyl (C=O) groups excluding carboxylic acids is 2. The van der Waals surface area contributed by atoms with Crippen molar-refractivity contribution in [1.82, 2.24) is 9.80 Å². The molecule has 0 aromatic heterocycles. The summed E-state index contributed by atoms with van der Waals surface area (Å²) in [6, 6.07) is 0.0973. The topological polar surface area (TPSA) is 66.6 Å². The van der Waals surface area contributed by atoms with Crippen LogP contribution in [0.15, 0.2) is 0 Å². The van der Waals surface area contributed by atoms with Gasteiger partial charge in [-0.05, 0) is 25.7 Å². The molecule has 1 aliphatic heterocycles. The minimum atomic E-state index is 0.0708. The van der Waals surface area contributed by atoms with Crippen LogP contribution in [0.3, 0.4) is 0 Å². The Balaban J connectivity index is 2.36. The molecule has 2 N–H and O–H groups in total. The molecule has 1 aliphatic rings. The smallest absolute Gasteiger partial charge is 0.223 e. The Morgan fingerprint density at radius 3 is 2.40 bits per heavy atom. The molecule has 0 bridgehead atoms. The first-order chi connectivity index (χ1) is 9.58. The molecule has 2 amide bonds. The van der Waals surface area contributed by atoms with Crippen molar-refractivity contribution in [2.75, 3.05) is 26.2 Å². The Labute approximate surface area is 122 Å². The molecule has 1 saturated heterocycles. The fourth-order valence-electron chi connectivity index (χ4n) is 2.67. The van der Waals surface area contributed by atoms with E-state index in [4.69, 9.17) is 5.73 Å². The van der Waals surface area contributed by atoms with Gasteiger partial charge in [0.15, 0.2) is 0 Å². The fourth-order valence-corrected chi connectivity index (χ4v) is 2.67. The summed E-state index contributed by atoms with van der Waals surface area (Å²) in [5.74, 6) is 0.171. The molecule has 5 heteroatoms. The van der Waals surface area contributed by atoms with E-state index >= 15 is 0 Å². The summed E-state index contributed by atoms with van der Waals surface area (Å²) in [6.07, 6.45) is 4.52. The minimum Gasteiger partial charge on any atom is -0.343 e. The number of nitrogens with two attached hydrogens (primary N) is 1. The van der Waals surface area contributed by atoms with Crippen LogP contribution in [0.2, 0.25) is 0 Å². The molecule has 1 atom stereocenters. The highest BCUT2D eigenvalue weighted by Gasteiger charge is 2.22. The van der Waals surface area contributed by atoms with Gasteiger partial charge in [0.25, 0.3) is 0 Å². The zero-order chi connectivity index (χ0) is 15.0. The van der Waals surface area contributed by atoms with Crippen LogP contribution in [-0.4, -0.2) is 53.8 Å².